The summed E-state index contributed by atoms with van der Waals surface area (Å²) in [5.41, 5.74) is 3.32. The Bertz CT molecular complexity index is 961. The molecule has 0 saturated carbocycles. The maximum absolute atomic E-state index is 12.5. The molecule has 1 aromatic heterocycles. The first-order chi connectivity index (χ1) is 13.6. The smallest absolute Gasteiger partial charge is 0.228 e. The van der Waals surface area contributed by atoms with Gasteiger partial charge in [-0.3, -0.25) is 14.6 Å². The molecule has 6 nitrogen and oxygen atoms in total. The maximum Gasteiger partial charge on any atom is 0.228 e. The number of rotatable bonds is 8. The lowest BCUT2D eigenvalue weighted by Crippen LogP contribution is -2.14. The molecule has 146 valence electrons. The van der Waals surface area contributed by atoms with Crippen LogP contribution in [-0.2, 0) is 22.5 Å². The number of hydrogen-bond acceptors (Lipinski definition) is 5. The van der Waals surface area contributed by atoms with Crippen LogP contribution in [-0.4, -0.2) is 29.4 Å². The third-order valence-electron chi connectivity index (χ3n) is 4.13. The lowest BCUT2D eigenvalue weighted by atomic mass is 10.1. The molecule has 0 bridgehead atoms. The van der Waals surface area contributed by atoms with E-state index in [1.54, 1.807) is 19.4 Å². The van der Waals surface area contributed by atoms with Crippen LogP contribution in [0, 0.1) is 0 Å². The van der Waals surface area contributed by atoms with Crippen molar-refractivity contribution in [2.45, 2.75) is 17.9 Å². The largest absolute Gasteiger partial charge is 0.383 e. The van der Waals surface area contributed by atoms with Gasteiger partial charge in [0.25, 0.3) is 0 Å². The number of carbonyl (C=O) groups excluding carboxylic acids is 1. The van der Waals surface area contributed by atoms with Crippen molar-refractivity contribution in [1.29, 1.82) is 0 Å². The van der Waals surface area contributed by atoms with E-state index in [9.17, 15) is 4.79 Å². The Hall–Kier alpha value is -2.32. The Labute approximate surface area is 173 Å². The number of nitrogens with two attached hydrogens (primary N) is 1. The number of nitrogens with zero attached hydrogens (tertiary/aromatic N) is 2. The number of aromatic nitrogens is 2. The highest BCUT2D eigenvalue weighted by molar-refractivity contribution is 7.97. The summed E-state index contributed by atoms with van der Waals surface area (Å²) in [5, 5.41) is 13.6. The van der Waals surface area contributed by atoms with Crippen LogP contribution in [0.4, 0.5) is 5.69 Å². The first kappa shape index (κ1) is 20.4. The van der Waals surface area contributed by atoms with Gasteiger partial charge in [-0.05, 0) is 47.3 Å². The number of ether oxygens (including phenoxy) is 1. The van der Waals surface area contributed by atoms with Gasteiger partial charge in [0.15, 0.2) is 0 Å². The van der Waals surface area contributed by atoms with E-state index in [0.29, 0.717) is 23.9 Å². The number of halogens is 1. The third-order valence-corrected chi connectivity index (χ3v) is 5.00. The topological polar surface area (TPSA) is 82.2 Å². The maximum atomic E-state index is 12.5. The minimum atomic E-state index is -0.144. The zero-order valence-electron chi connectivity index (χ0n) is 15.4. The van der Waals surface area contributed by atoms with Crippen LogP contribution in [0.15, 0.2) is 59.8 Å². The van der Waals surface area contributed by atoms with Gasteiger partial charge in [0.1, 0.15) is 0 Å². The highest BCUT2D eigenvalue weighted by atomic mass is 35.5. The lowest BCUT2D eigenvalue weighted by Gasteiger charge is -2.10. The summed E-state index contributed by atoms with van der Waals surface area (Å²) >= 11 is 7.27. The number of amides is 1. The Morgan fingerprint density at radius 3 is 2.86 bits per heavy atom. The fourth-order valence-corrected chi connectivity index (χ4v) is 3.34. The van der Waals surface area contributed by atoms with E-state index in [2.05, 4.69) is 10.4 Å². The van der Waals surface area contributed by atoms with Crippen LogP contribution in [0.2, 0.25) is 5.02 Å². The standard InChI is InChI=1S/C20H21ClN4O2S/c1-27-7-6-25-13-16(12-23-25)15-8-17(11-18(9-15)28-22)24-20(26)10-14-4-2-3-5-19(14)21/h2-5,8-9,11-13H,6-7,10,22H2,1H3,(H,24,26). The number of carbonyl (C=O) groups is 1. The number of methoxy groups -OCH3 is 1. The van der Waals surface area contributed by atoms with Gasteiger partial charge in [-0.25, -0.2) is 0 Å². The fraction of sp³-hybridized carbons (Fsp3) is 0.200. The van der Waals surface area contributed by atoms with E-state index < -0.39 is 0 Å². The van der Waals surface area contributed by atoms with Gasteiger partial charge in [0.2, 0.25) is 5.91 Å². The Morgan fingerprint density at radius 2 is 2.11 bits per heavy atom. The molecule has 3 N–H and O–H groups in total. The summed E-state index contributed by atoms with van der Waals surface area (Å²) in [4.78, 5) is 13.3. The van der Waals surface area contributed by atoms with Crippen LogP contribution >= 0.6 is 23.5 Å². The second-order valence-electron chi connectivity index (χ2n) is 6.17. The zero-order chi connectivity index (χ0) is 19.9. The van der Waals surface area contributed by atoms with Crippen molar-refractivity contribution in [3.05, 3.63) is 65.4 Å². The Morgan fingerprint density at radius 1 is 1.29 bits per heavy atom. The SMILES string of the molecule is COCCn1cc(-c2cc(NC(=O)Cc3ccccc3Cl)cc(SN)c2)cn1. The molecular weight excluding hydrogens is 396 g/mol. The molecule has 8 heteroatoms. The van der Waals surface area contributed by atoms with Gasteiger partial charge < -0.3 is 10.1 Å². The van der Waals surface area contributed by atoms with Crippen LogP contribution in [0.25, 0.3) is 11.1 Å². The van der Waals surface area contributed by atoms with Crippen molar-refractivity contribution in [1.82, 2.24) is 9.78 Å². The Balaban J connectivity index is 1.78. The average molecular weight is 417 g/mol. The van der Waals surface area contributed by atoms with Crippen molar-refractivity contribution in [3.63, 3.8) is 0 Å². The predicted molar refractivity (Wildman–Crippen MR) is 113 cm³/mol. The van der Waals surface area contributed by atoms with Gasteiger partial charge in [0.05, 0.1) is 25.8 Å². The van der Waals surface area contributed by atoms with Gasteiger partial charge in [-0.15, -0.1) is 0 Å². The Kier molecular flexibility index (Phi) is 7.11. The number of nitrogens with one attached hydrogen (secondary N) is 1. The molecule has 1 amide bonds. The summed E-state index contributed by atoms with van der Waals surface area (Å²) in [6.07, 6.45) is 3.92. The molecule has 0 saturated heterocycles. The molecule has 28 heavy (non-hydrogen) atoms. The first-order valence-electron chi connectivity index (χ1n) is 8.66. The normalized spacial score (nSPS) is 10.8. The van der Waals surface area contributed by atoms with E-state index in [-0.39, 0.29) is 12.3 Å². The van der Waals surface area contributed by atoms with Crippen molar-refractivity contribution in [3.8, 4) is 11.1 Å². The molecule has 2 aromatic carbocycles. The van der Waals surface area contributed by atoms with Gasteiger partial charge >= 0.3 is 0 Å². The lowest BCUT2D eigenvalue weighted by molar-refractivity contribution is -0.115. The highest BCUT2D eigenvalue weighted by Gasteiger charge is 2.10. The molecule has 0 aliphatic rings. The van der Waals surface area contributed by atoms with Crippen molar-refractivity contribution < 1.29 is 9.53 Å². The van der Waals surface area contributed by atoms with E-state index >= 15 is 0 Å². The molecule has 0 aliphatic carbocycles. The molecule has 1 heterocycles. The third kappa shape index (κ3) is 5.36. The number of benzene rings is 2. The van der Waals surface area contributed by atoms with Crippen LogP contribution in [0.1, 0.15) is 5.56 Å². The molecule has 0 radical (unpaired) electrons. The molecule has 0 aliphatic heterocycles. The summed E-state index contributed by atoms with van der Waals surface area (Å²) in [6, 6.07) is 13.0. The van der Waals surface area contributed by atoms with E-state index in [0.717, 1.165) is 33.5 Å². The van der Waals surface area contributed by atoms with E-state index in [1.165, 1.54) is 0 Å². The molecule has 0 spiro atoms. The quantitative estimate of drug-likeness (QED) is 0.542. The second-order valence-corrected chi connectivity index (χ2v) is 7.28. The van der Waals surface area contributed by atoms with Gasteiger partial charge in [-0.1, -0.05) is 29.8 Å². The molecule has 0 atom stereocenters. The molecule has 0 fully saturated rings. The van der Waals surface area contributed by atoms with Crippen LogP contribution in [0.3, 0.4) is 0 Å². The molecular formula is C20H21ClN4O2S. The number of hydrogen-bond donors (Lipinski definition) is 2. The molecule has 3 aromatic rings. The average Bonchev–Trinajstić information content (AvgIpc) is 3.17. The minimum absolute atomic E-state index is 0.144. The van der Waals surface area contributed by atoms with Crippen molar-refractivity contribution in [2.24, 2.45) is 5.14 Å². The van der Waals surface area contributed by atoms with Gasteiger partial charge in [-0.2, -0.15) is 5.10 Å². The zero-order valence-corrected chi connectivity index (χ0v) is 17.0. The van der Waals surface area contributed by atoms with Crippen LogP contribution < -0.4 is 10.5 Å². The van der Waals surface area contributed by atoms with Crippen molar-refractivity contribution in [2.75, 3.05) is 19.0 Å². The first-order valence-corrected chi connectivity index (χ1v) is 9.91. The molecule has 0 unspecified atom stereocenters. The monoisotopic (exact) mass is 416 g/mol. The predicted octanol–water partition coefficient (Wildman–Crippen LogP) is 4.00. The van der Waals surface area contributed by atoms with Crippen LogP contribution in [0.5, 0.6) is 0 Å². The minimum Gasteiger partial charge on any atom is -0.383 e. The van der Waals surface area contributed by atoms with E-state index in [4.69, 9.17) is 21.5 Å². The fourth-order valence-electron chi connectivity index (χ4n) is 2.75. The molecule has 3 rings (SSSR count). The van der Waals surface area contributed by atoms with E-state index in [1.807, 2.05) is 47.3 Å². The number of anilines is 1. The van der Waals surface area contributed by atoms with Gasteiger partial charge in [0, 0.05) is 34.5 Å². The summed E-state index contributed by atoms with van der Waals surface area (Å²) in [6.45, 7) is 1.26. The highest BCUT2D eigenvalue weighted by Crippen LogP contribution is 2.28. The summed E-state index contributed by atoms with van der Waals surface area (Å²) in [7, 11) is 1.66. The second kappa shape index (κ2) is 9.75. The summed E-state index contributed by atoms with van der Waals surface area (Å²) in [5.74, 6) is -0.144. The summed E-state index contributed by atoms with van der Waals surface area (Å²) < 4.78 is 6.90. The van der Waals surface area contributed by atoms with Crippen molar-refractivity contribution >= 4 is 35.1 Å².